The molecule has 3 rings (SSSR count). The van der Waals surface area contributed by atoms with Gasteiger partial charge >= 0.3 is 0 Å². The zero-order valence-electron chi connectivity index (χ0n) is 12.6. The number of hydrogen-bond donors (Lipinski definition) is 5. The molecule has 0 saturated heterocycles. The lowest BCUT2D eigenvalue weighted by Gasteiger charge is -2.50. The van der Waals surface area contributed by atoms with Crippen LogP contribution in [0.15, 0.2) is 4.79 Å². The Labute approximate surface area is 128 Å². The van der Waals surface area contributed by atoms with Gasteiger partial charge in [0.15, 0.2) is 5.82 Å². The second kappa shape index (κ2) is 5.77. The summed E-state index contributed by atoms with van der Waals surface area (Å²) in [6.07, 6.45) is 1.92. The average Bonchev–Trinajstić information content (AvgIpc) is 2.82. The molecule has 0 spiro atoms. The fourth-order valence-electron chi connectivity index (χ4n) is 3.69. The van der Waals surface area contributed by atoms with Gasteiger partial charge in [-0.1, -0.05) is 13.3 Å². The van der Waals surface area contributed by atoms with Crippen molar-refractivity contribution < 1.29 is 10.2 Å². The zero-order chi connectivity index (χ0) is 15.9. The summed E-state index contributed by atoms with van der Waals surface area (Å²) < 4.78 is 0. The third-order valence-electron chi connectivity index (χ3n) is 4.81. The lowest BCUT2D eigenvalue weighted by atomic mass is 9.65. The summed E-state index contributed by atoms with van der Waals surface area (Å²) in [6.45, 7) is 2.56. The minimum Gasteiger partial charge on any atom is -0.396 e. The van der Waals surface area contributed by atoms with Gasteiger partial charge in [0.2, 0.25) is 5.95 Å². The van der Waals surface area contributed by atoms with Gasteiger partial charge < -0.3 is 26.2 Å². The monoisotopic (exact) mass is 309 g/mol. The molecule has 8 heteroatoms. The predicted octanol–water partition coefficient (Wildman–Crippen LogP) is -0.300. The van der Waals surface area contributed by atoms with Crippen molar-refractivity contribution in [2.45, 2.75) is 38.3 Å². The Morgan fingerprint density at radius 2 is 2.32 bits per heavy atom. The highest BCUT2D eigenvalue weighted by molar-refractivity contribution is 5.71. The number of anilines is 3. The largest absolute Gasteiger partial charge is 0.396 e. The fraction of sp³-hybridized carbons (Fsp3) is 0.714. The van der Waals surface area contributed by atoms with Crippen molar-refractivity contribution in [1.29, 1.82) is 0 Å². The summed E-state index contributed by atoms with van der Waals surface area (Å²) >= 11 is 0. The summed E-state index contributed by atoms with van der Waals surface area (Å²) in [4.78, 5) is 20.6. The first-order chi connectivity index (χ1) is 10.6. The molecule has 2 aliphatic rings. The Morgan fingerprint density at radius 3 is 3.00 bits per heavy atom. The first kappa shape index (κ1) is 15.1. The smallest absolute Gasteiger partial charge is 0.277 e. The summed E-state index contributed by atoms with van der Waals surface area (Å²) in [7, 11) is 0. The van der Waals surface area contributed by atoms with Crippen LogP contribution in [0.5, 0.6) is 0 Å². The van der Waals surface area contributed by atoms with Crippen molar-refractivity contribution in [3.63, 3.8) is 0 Å². The molecule has 1 aromatic rings. The number of rotatable bonds is 5. The van der Waals surface area contributed by atoms with E-state index in [0.29, 0.717) is 24.6 Å². The van der Waals surface area contributed by atoms with E-state index in [2.05, 4.69) is 15.3 Å². The van der Waals surface area contributed by atoms with Crippen molar-refractivity contribution in [1.82, 2.24) is 9.97 Å². The molecule has 4 atom stereocenters. The molecule has 1 aliphatic carbocycles. The van der Waals surface area contributed by atoms with Gasteiger partial charge in [-0.2, -0.15) is 4.98 Å². The van der Waals surface area contributed by atoms with Crippen molar-refractivity contribution in [3.05, 3.63) is 10.4 Å². The van der Waals surface area contributed by atoms with Crippen molar-refractivity contribution in [2.24, 2.45) is 11.8 Å². The molecule has 0 amide bonds. The van der Waals surface area contributed by atoms with Crippen LogP contribution in [0.3, 0.4) is 0 Å². The average molecular weight is 309 g/mol. The van der Waals surface area contributed by atoms with Crippen molar-refractivity contribution in [3.8, 4) is 0 Å². The van der Waals surface area contributed by atoms with E-state index in [1.54, 1.807) is 0 Å². The first-order valence-electron chi connectivity index (χ1n) is 7.76. The number of fused-ring (bicyclic) bond motifs is 1. The number of aliphatic hydroxyl groups is 2. The van der Waals surface area contributed by atoms with Gasteiger partial charge in [0, 0.05) is 18.6 Å². The number of nitrogens with two attached hydrogens (primary N) is 1. The molecule has 4 unspecified atom stereocenters. The van der Waals surface area contributed by atoms with Crippen LogP contribution in [0.4, 0.5) is 17.5 Å². The Bertz CT molecular complexity index is 605. The van der Waals surface area contributed by atoms with Crippen LogP contribution in [0.2, 0.25) is 0 Å². The lowest BCUT2D eigenvalue weighted by Crippen LogP contribution is -2.58. The fourth-order valence-corrected chi connectivity index (χ4v) is 3.69. The molecule has 1 saturated carbocycles. The standard InChI is InChI=1S/C14H23N5O3/c1-2-3-9(21)10-7(5-20)4-8(10)19-6-16-11-12(19)17-14(15)18-13(11)22/h7-10,16,20-21H,2-6H2,1H3,(H3,15,17,18,22). The summed E-state index contributed by atoms with van der Waals surface area (Å²) in [5.74, 6) is 0.701. The van der Waals surface area contributed by atoms with E-state index in [-0.39, 0.29) is 36.0 Å². The van der Waals surface area contributed by atoms with E-state index >= 15 is 0 Å². The van der Waals surface area contributed by atoms with Crippen LogP contribution < -0.4 is 21.5 Å². The number of aromatic nitrogens is 2. The third-order valence-corrected chi connectivity index (χ3v) is 4.81. The molecule has 22 heavy (non-hydrogen) atoms. The van der Waals surface area contributed by atoms with Gasteiger partial charge in [-0.15, -0.1) is 0 Å². The van der Waals surface area contributed by atoms with E-state index < -0.39 is 6.10 Å². The van der Waals surface area contributed by atoms with E-state index in [1.165, 1.54) is 0 Å². The topological polar surface area (TPSA) is 128 Å². The van der Waals surface area contributed by atoms with E-state index in [9.17, 15) is 15.0 Å². The molecule has 0 bridgehead atoms. The van der Waals surface area contributed by atoms with Crippen LogP contribution in [0, 0.1) is 11.8 Å². The SMILES string of the molecule is CCCC(O)C1C(CO)CC1N1CNc2c1nc(N)[nH]c2=O. The van der Waals surface area contributed by atoms with Gasteiger partial charge in [-0.3, -0.25) is 9.78 Å². The zero-order valence-corrected chi connectivity index (χ0v) is 12.6. The highest BCUT2D eigenvalue weighted by Crippen LogP contribution is 2.44. The molecular formula is C14H23N5O3. The van der Waals surface area contributed by atoms with Gasteiger partial charge in [-0.25, -0.2) is 0 Å². The quantitative estimate of drug-likeness (QED) is 0.505. The summed E-state index contributed by atoms with van der Waals surface area (Å²) in [5.41, 5.74) is 5.78. The molecule has 1 fully saturated rings. The Balaban J connectivity index is 1.86. The number of nitrogens with zero attached hydrogens (tertiary/aromatic N) is 2. The number of hydrogen-bond acceptors (Lipinski definition) is 7. The molecule has 2 heterocycles. The Kier molecular flexibility index (Phi) is 3.96. The minimum absolute atomic E-state index is 0.0139. The molecule has 0 aromatic carbocycles. The second-order valence-corrected chi connectivity index (χ2v) is 6.13. The van der Waals surface area contributed by atoms with Crippen LogP contribution in [-0.2, 0) is 0 Å². The maximum atomic E-state index is 11.9. The number of nitrogen functional groups attached to an aromatic ring is 1. The molecule has 1 aliphatic heterocycles. The normalized spacial score (nSPS) is 28.0. The van der Waals surface area contributed by atoms with Gasteiger partial charge in [-0.05, 0) is 18.8 Å². The summed E-state index contributed by atoms with van der Waals surface area (Å²) in [6, 6.07) is 0.0566. The minimum atomic E-state index is -0.454. The molecule has 1 aromatic heterocycles. The van der Waals surface area contributed by atoms with Crippen LogP contribution in [-0.4, -0.2) is 45.6 Å². The highest BCUT2D eigenvalue weighted by Gasteiger charge is 2.49. The molecule has 8 nitrogen and oxygen atoms in total. The second-order valence-electron chi connectivity index (χ2n) is 6.13. The van der Waals surface area contributed by atoms with Crippen molar-refractivity contribution in [2.75, 3.05) is 29.2 Å². The maximum Gasteiger partial charge on any atom is 0.277 e. The Morgan fingerprint density at radius 1 is 1.55 bits per heavy atom. The highest BCUT2D eigenvalue weighted by atomic mass is 16.3. The van der Waals surface area contributed by atoms with Crippen molar-refractivity contribution >= 4 is 17.5 Å². The number of H-pyrrole nitrogens is 1. The Hall–Kier alpha value is -1.80. The number of aliphatic hydroxyl groups excluding tert-OH is 2. The van der Waals surface area contributed by atoms with E-state index in [1.807, 2.05) is 11.8 Å². The molecule has 6 N–H and O–H groups in total. The van der Waals surface area contributed by atoms with Gasteiger partial charge in [0.1, 0.15) is 5.69 Å². The van der Waals surface area contributed by atoms with E-state index in [0.717, 1.165) is 12.8 Å². The third kappa shape index (κ3) is 2.32. The lowest BCUT2D eigenvalue weighted by molar-refractivity contribution is -0.0346. The van der Waals surface area contributed by atoms with Gasteiger partial charge in [0.25, 0.3) is 5.56 Å². The maximum absolute atomic E-state index is 11.9. The molecule has 0 radical (unpaired) electrons. The van der Waals surface area contributed by atoms with Crippen LogP contribution in [0.25, 0.3) is 0 Å². The first-order valence-corrected chi connectivity index (χ1v) is 7.76. The van der Waals surface area contributed by atoms with Crippen LogP contribution >= 0.6 is 0 Å². The predicted molar refractivity (Wildman–Crippen MR) is 83.6 cm³/mol. The number of aromatic amines is 1. The molecular weight excluding hydrogens is 286 g/mol. The van der Waals surface area contributed by atoms with Gasteiger partial charge in [0.05, 0.1) is 12.8 Å². The summed E-state index contributed by atoms with van der Waals surface area (Å²) in [5, 5.41) is 22.9. The number of nitrogens with one attached hydrogen (secondary N) is 2. The van der Waals surface area contributed by atoms with E-state index in [4.69, 9.17) is 5.73 Å². The molecule has 122 valence electrons. The van der Waals surface area contributed by atoms with Crippen LogP contribution in [0.1, 0.15) is 26.2 Å².